The van der Waals surface area contributed by atoms with Crippen molar-refractivity contribution in [2.24, 2.45) is 0 Å². The zero-order chi connectivity index (χ0) is 17.3. The van der Waals surface area contributed by atoms with Crippen LogP contribution < -0.4 is 62.0 Å². The van der Waals surface area contributed by atoms with Crippen LogP contribution in [0.25, 0.3) is 0 Å². The minimum atomic E-state index is -0.300. The third-order valence-electron chi connectivity index (χ3n) is 3.59. The van der Waals surface area contributed by atoms with Crippen molar-refractivity contribution in [2.45, 2.75) is 4.90 Å². The number of carbonyl (C=O) groups excluding carboxylic acids is 4. The summed E-state index contributed by atoms with van der Waals surface area (Å²) < 4.78 is 0. The summed E-state index contributed by atoms with van der Waals surface area (Å²) in [4.78, 5) is 45.2. The summed E-state index contributed by atoms with van der Waals surface area (Å²) in [6.45, 7) is 0. The van der Waals surface area contributed by atoms with E-state index < -0.39 is 0 Å². The Morgan fingerprint density at radius 2 is 1.20 bits per heavy atom. The van der Waals surface area contributed by atoms with Crippen LogP contribution in [0, 0.1) is 0 Å². The number of rotatable bonds is 1. The predicted molar refractivity (Wildman–Crippen MR) is 89.4 cm³/mol. The van der Waals surface area contributed by atoms with E-state index in [-0.39, 0.29) is 76.4 Å². The van der Waals surface area contributed by atoms with E-state index in [0.717, 1.165) is 4.90 Å². The van der Waals surface area contributed by atoms with Gasteiger partial charge in [0.2, 0.25) is 0 Å². The second-order valence-corrected chi connectivity index (χ2v) is 5.84. The third kappa shape index (κ3) is 3.94. The first-order valence-corrected chi connectivity index (χ1v) is 8.22. The van der Waals surface area contributed by atoms with E-state index in [1.54, 1.807) is 36.4 Å². The summed E-state index contributed by atoms with van der Waals surface area (Å²) in [5.74, 6) is -1.18. The fourth-order valence-corrected chi connectivity index (χ4v) is 3.10. The SMILES string of the molecule is CSc1cccc2c1C(=O)NC2=O.O=C1NC(=O)c2ccccc21.[H-].[K+]. The van der Waals surface area contributed by atoms with Crippen LogP contribution in [0.5, 0.6) is 0 Å². The molecule has 2 aromatic carbocycles. The molecule has 0 unspecified atom stereocenters. The van der Waals surface area contributed by atoms with Crippen LogP contribution in [0.15, 0.2) is 47.4 Å². The molecular formula is C17H13KN2O4S. The molecular weight excluding hydrogens is 367 g/mol. The molecule has 2 aromatic rings. The van der Waals surface area contributed by atoms with Gasteiger partial charge in [0.15, 0.2) is 0 Å². The topological polar surface area (TPSA) is 92.3 Å². The van der Waals surface area contributed by atoms with Crippen LogP contribution in [0.2, 0.25) is 0 Å². The van der Waals surface area contributed by atoms with Gasteiger partial charge in [0.1, 0.15) is 0 Å². The number of nitrogens with one attached hydrogen (secondary N) is 2. The summed E-state index contributed by atoms with van der Waals surface area (Å²) in [6.07, 6.45) is 1.88. The van der Waals surface area contributed by atoms with Crippen molar-refractivity contribution >= 4 is 35.4 Å². The summed E-state index contributed by atoms with van der Waals surface area (Å²) in [5, 5.41) is 4.47. The normalized spacial score (nSPS) is 13.8. The van der Waals surface area contributed by atoms with Gasteiger partial charge in [0.05, 0.1) is 22.3 Å². The van der Waals surface area contributed by atoms with Crippen molar-refractivity contribution < 1.29 is 72.0 Å². The standard InChI is InChI=1S/C9H7NO2S.C8H5NO2.K.H/c1-13-6-4-2-3-5-7(6)9(12)10-8(5)11;10-7-5-3-1-2-4-6(5)8(11)9-7;;/h2-4H,1H3,(H,10,11,12);1-4H,(H,9,10,11);;/q;;+1;-1. The molecule has 0 saturated heterocycles. The Morgan fingerprint density at radius 1 is 0.720 bits per heavy atom. The molecule has 4 rings (SSSR count). The number of amides is 4. The summed E-state index contributed by atoms with van der Waals surface area (Å²) in [6, 6.07) is 12.0. The van der Waals surface area contributed by atoms with Gasteiger partial charge in [-0.15, -0.1) is 11.8 Å². The summed E-state index contributed by atoms with van der Waals surface area (Å²) >= 11 is 1.47. The van der Waals surface area contributed by atoms with Gasteiger partial charge in [-0.2, -0.15) is 0 Å². The average Bonchev–Trinajstić information content (AvgIpc) is 3.05. The van der Waals surface area contributed by atoms with Gasteiger partial charge in [-0.3, -0.25) is 29.8 Å². The summed E-state index contributed by atoms with van der Waals surface area (Å²) in [7, 11) is 0. The smallest absolute Gasteiger partial charge is 1.00 e. The molecule has 0 aromatic heterocycles. The monoisotopic (exact) mass is 380 g/mol. The molecule has 122 valence electrons. The second-order valence-electron chi connectivity index (χ2n) is 4.99. The molecule has 0 fully saturated rings. The van der Waals surface area contributed by atoms with Gasteiger partial charge >= 0.3 is 51.4 Å². The maximum atomic E-state index is 11.3. The first kappa shape index (κ1) is 20.0. The molecule has 2 aliphatic rings. The molecule has 2 aliphatic heterocycles. The van der Waals surface area contributed by atoms with Crippen LogP contribution in [-0.2, 0) is 0 Å². The zero-order valence-corrected chi connectivity index (χ0v) is 17.5. The molecule has 4 amide bonds. The molecule has 2 N–H and O–H groups in total. The van der Waals surface area contributed by atoms with E-state index in [4.69, 9.17) is 0 Å². The molecule has 2 heterocycles. The predicted octanol–water partition coefficient (Wildman–Crippen LogP) is -1.02. The van der Waals surface area contributed by atoms with E-state index in [9.17, 15) is 19.2 Å². The Balaban J connectivity index is 0.000000244. The van der Waals surface area contributed by atoms with E-state index in [1.807, 2.05) is 12.3 Å². The number of benzene rings is 2. The van der Waals surface area contributed by atoms with E-state index in [1.165, 1.54) is 11.8 Å². The minimum Gasteiger partial charge on any atom is -1.00 e. The van der Waals surface area contributed by atoms with Crippen LogP contribution >= 0.6 is 11.8 Å². The van der Waals surface area contributed by atoms with Gasteiger partial charge in [-0.25, -0.2) is 0 Å². The molecule has 0 aliphatic carbocycles. The number of thioether (sulfide) groups is 1. The largest absolute Gasteiger partial charge is 1.00 e. The molecule has 6 nitrogen and oxygen atoms in total. The Bertz CT molecular complexity index is 871. The van der Waals surface area contributed by atoms with Gasteiger partial charge in [-0.1, -0.05) is 18.2 Å². The van der Waals surface area contributed by atoms with Crippen LogP contribution in [0.4, 0.5) is 0 Å². The maximum Gasteiger partial charge on any atom is 1.00 e. The maximum absolute atomic E-state index is 11.3. The average molecular weight is 380 g/mol. The number of carbonyl (C=O) groups is 4. The molecule has 0 spiro atoms. The number of hydrogen-bond acceptors (Lipinski definition) is 5. The Hall–Kier alpha value is -1.29. The van der Waals surface area contributed by atoms with Gasteiger partial charge in [0, 0.05) is 4.90 Å². The van der Waals surface area contributed by atoms with E-state index >= 15 is 0 Å². The first-order chi connectivity index (χ1) is 11.5. The van der Waals surface area contributed by atoms with E-state index in [2.05, 4.69) is 10.6 Å². The summed E-state index contributed by atoms with van der Waals surface area (Å²) in [5.41, 5.74) is 1.94. The quantitative estimate of drug-likeness (QED) is 0.375. The molecule has 0 bridgehead atoms. The number of fused-ring (bicyclic) bond motifs is 2. The van der Waals surface area contributed by atoms with E-state index in [0.29, 0.717) is 22.3 Å². The Morgan fingerprint density at radius 3 is 1.76 bits per heavy atom. The molecule has 0 radical (unpaired) electrons. The van der Waals surface area contributed by atoms with Gasteiger partial charge in [-0.05, 0) is 30.5 Å². The van der Waals surface area contributed by atoms with Gasteiger partial charge < -0.3 is 1.43 Å². The van der Waals surface area contributed by atoms with Crippen molar-refractivity contribution in [1.29, 1.82) is 0 Å². The molecule has 8 heteroatoms. The first-order valence-electron chi connectivity index (χ1n) is 7.00. The molecule has 0 saturated carbocycles. The fraction of sp³-hybridized carbons (Fsp3) is 0.0588. The number of imide groups is 2. The van der Waals surface area contributed by atoms with Crippen molar-refractivity contribution in [3.63, 3.8) is 0 Å². The second kappa shape index (κ2) is 8.39. The third-order valence-corrected chi connectivity index (χ3v) is 4.37. The molecule has 0 atom stereocenters. The van der Waals surface area contributed by atoms with Crippen LogP contribution in [0.1, 0.15) is 42.9 Å². The fourth-order valence-electron chi connectivity index (χ4n) is 2.47. The Kier molecular flexibility index (Phi) is 6.72. The van der Waals surface area contributed by atoms with Crippen LogP contribution in [-0.4, -0.2) is 29.9 Å². The van der Waals surface area contributed by atoms with Crippen molar-refractivity contribution in [3.8, 4) is 0 Å². The number of hydrogen-bond donors (Lipinski definition) is 2. The minimum absolute atomic E-state index is 0. The van der Waals surface area contributed by atoms with Crippen LogP contribution in [0.3, 0.4) is 0 Å². The Labute approximate surface area is 192 Å². The van der Waals surface area contributed by atoms with Gasteiger partial charge in [0.25, 0.3) is 23.6 Å². The van der Waals surface area contributed by atoms with Crippen molar-refractivity contribution in [2.75, 3.05) is 6.26 Å². The molecule has 25 heavy (non-hydrogen) atoms. The zero-order valence-electron chi connectivity index (χ0n) is 14.6. The van der Waals surface area contributed by atoms with Crippen molar-refractivity contribution in [1.82, 2.24) is 10.6 Å². The van der Waals surface area contributed by atoms with Crippen molar-refractivity contribution in [3.05, 3.63) is 64.7 Å².